The maximum atomic E-state index is 13.3. The molecule has 0 bridgehead atoms. The minimum absolute atomic E-state index is 0.133. The quantitative estimate of drug-likeness (QED) is 0.749. The Morgan fingerprint density at radius 2 is 2.21 bits per heavy atom. The first kappa shape index (κ1) is 11.9. The van der Waals surface area contributed by atoms with E-state index >= 15 is 0 Å². The van der Waals surface area contributed by atoms with Crippen LogP contribution in [-0.4, -0.2) is 25.8 Å². The number of aliphatic hydroxyl groups is 1. The van der Waals surface area contributed by atoms with E-state index in [1.165, 1.54) is 23.0 Å². The fraction of sp³-hybridized carbons (Fsp3) is 0.231. The van der Waals surface area contributed by atoms with Crippen molar-refractivity contribution < 1.29 is 9.50 Å². The lowest BCUT2D eigenvalue weighted by Gasteiger charge is -2.03. The highest BCUT2D eigenvalue weighted by molar-refractivity contribution is 6.05. The molecule has 2 aromatic heterocycles. The number of rotatable bonds is 2. The van der Waals surface area contributed by atoms with Gasteiger partial charge in [0.15, 0.2) is 0 Å². The summed E-state index contributed by atoms with van der Waals surface area (Å²) in [7, 11) is 1.74. The average Bonchev–Trinajstić information content (AvgIpc) is 2.67. The number of fused-ring (bicyclic) bond motifs is 3. The Morgan fingerprint density at radius 3 is 2.95 bits per heavy atom. The molecular formula is C13H12FN3O2. The number of hydrogen-bond donors (Lipinski definition) is 1. The summed E-state index contributed by atoms with van der Waals surface area (Å²) in [6.45, 7) is 0.0589. The molecule has 0 aliphatic heterocycles. The second kappa shape index (κ2) is 4.17. The van der Waals surface area contributed by atoms with Crippen molar-refractivity contribution in [1.82, 2.24) is 14.1 Å². The van der Waals surface area contributed by atoms with E-state index in [1.807, 2.05) is 0 Å². The van der Waals surface area contributed by atoms with Gasteiger partial charge in [0.25, 0.3) is 5.56 Å². The summed E-state index contributed by atoms with van der Waals surface area (Å²) in [5, 5.41) is 9.53. The van der Waals surface area contributed by atoms with E-state index < -0.39 is 0 Å². The van der Waals surface area contributed by atoms with E-state index in [-0.39, 0.29) is 24.5 Å². The third-order valence-corrected chi connectivity index (χ3v) is 3.27. The van der Waals surface area contributed by atoms with Gasteiger partial charge in [-0.25, -0.2) is 9.37 Å². The molecule has 19 heavy (non-hydrogen) atoms. The van der Waals surface area contributed by atoms with Crippen LogP contribution in [0.25, 0.3) is 21.9 Å². The highest BCUT2D eigenvalue weighted by Gasteiger charge is 2.14. The Kier molecular flexibility index (Phi) is 2.60. The summed E-state index contributed by atoms with van der Waals surface area (Å²) < 4.78 is 16.4. The first-order valence-electron chi connectivity index (χ1n) is 5.87. The first-order chi connectivity index (χ1) is 9.13. The molecule has 0 spiro atoms. The lowest BCUT2D eigenvalue weighted by molar-refractivity contribution is 0.274. The lowest BCUT2D eigenvalue weighted by atomic mass is 10.2. The van der Waals surface area contributed by atoms with Crippen LogP contribution in [0.1, 0.15) is 0 Å². The number of aromatic nitrogens is 3. The number of hydrogen-bond acceptors (Lipinski definition) is 3. The van der Waals surface area contributed by atoms with Gasteiger partial charge < -0.3 is 9.67 Å². The molecule has 1 N–H and O–H groups in total. The molecular weight excluding hydrogens is 249 g/mol. The highest BCUT2D eigenvalue weighted by atomic mass is 19.1. The second-order valence-corrected chi connectivity index (χ2v) is 4.38. The standard InChI is InChI=1S/C13H12FN3O2/c1-16-10-3-2-8(14)6-9(10)11-12(16)13(19)17(4-5-18)7-15-11/h2-3,6-7,18H,4-5H2,1H3. The maximum absolute atomic E-state index is 13.3. The summed E-state index contributed by atoms with van der Waals surface area (Å²) in [5.41, 5.74) is 1.41. The van der Waals surface area contributed by atoms with Gasteiger partial charge in [0.1, 0.15) is 16.9 Å². The molecule has 5 nitrogen and oxygen atoms in total. The molecule has 0 amide bonds. The van der Waals surface area contributed by atoms with Crippen LogP contribution >= 0.6 is 0 Å². The molecule has 0 saturated heterocycles. The van der Waals surface area contributed by atoms with Crippen LogP contribution in [0.5, 0.6) is 0 Å². The number of aryl methyl sites for hydroxylation is 1. The fourth-order valence-corrected chi connectivity index (χ4v) is 2.36. The predicted octanol–water partition coefficient (Wildman–Crippen LogP) is 1.02. The molecule has 2 heterocycles. The Hall–Kier alpha value is -2.21. The summed E-state index contributed by atoms with van der Waals surface area (Å²) in [4.78, 5) is 16.5. The summed E-state index contributed by atoms with van der Waals surface area (Å²) in [5.74, 6) is -0.360. The molecule has 3 aromatic rings. The zero-order chi connectivity index (χ0) is 13.6. The maximum Gasteiger partial charge on any atom is 0.277 e. The third kappa shape index (κ3) is 1.64. The SMILES string of the molecule is Cn1c2ccc(F)cc2c2ncn(CCO)c(=O)c21. The second-order valence-electron chi connectivity index (χ2n) is 4.38. The Balaban J connectivity index is 2.48. The Bertz CT molecular complexity index is 835. The normalized spacial score (nSPS) is 11.5. The molecule has 0 aliphatic rings. The molecule has 0 saturated carbocycles. The molecule has 3 rings (SSSR count). The van der Waals surface area contributed by atoms with Crippen molar-refractivity contribution in [2.45, 2.75) is 6.54 Å². The van der Waals surface area contributed by atoms with E-state index in [0.29, 0.717) is 16.4 Å². The van der Waals surface area contributed by atoms with Crippen LogP contribution in [0.15, 0.2) is 29.3 Å². The number of aliphatic hydroxyl groups excluding tert-OH is 1. The lowest BCUT2D eigenvalue weighted by Crippen LogP contribution is -2.23. The van der Waals surface area contributed by atoms with Crippen LogP contribution in [0.2, 0.25) is 0 Å². The van der Waals surface area contributed by atoms with E-state index in [9.17, 15) is 9.18 Å². The van der Waals surface area contributed by atoms with Gasteiger partial charge in [-0.05, 0) is 18.2 Å². The van der Waals surface area contributed by atoms with Gasteiger partial charge in [-0.3, -0.25) is 9.36 Å². The van der Waals surface area contributed by atoms with Crippen molar-refractivity contribution >= 4 is 21.9 Å². The molecule has 0 aliphatic carbocycles. The zero-order valence-corrected chi connectivity index (χ0v) is 10.3. The molecule has 0 unspecified atom stereocenters. The van der Waals surface area contributed by atoms with Crippen molar-refractivity contribution in [3.05, 3.63) is 40.7 Å². The average molecular weight is 261 g/mol. The first-order valence-corrected chi connectivity index (χ1v) is 5.87. The van der Waals surface area contributed by atoms with Gasteiger partial charge in [-0.1, -0.05) is 0 Å². The van der Waals surface area contributed by atoms with Crippen LogP contribution in [0, 0.1) is 5.82 Å². The molecule has 0 atom stereocenters. The van der Waals surface area contributed by atoms with E-state index in [2.05, 4.69) is 4.98 Å². The van der Waals surface area contributed by atoms with Crippen molar-refractivity contribution in [1.29, 1.82) is 0 Å². The van der Waals surface area contributed by atoms with Crippen molar-refractivity contribution in [2.24, 2.45) is 7.05 Å². The van der Waals surface area contributed by atoms with Crippen molar-refractivity contribution in [2.75, 3.05) is 6.61 Å². The zero-order valence-electron chi connectivity index (χ0n) is 10.3. The van der Waals surface area contributed by atoms with Crippen LogP contribution in [0.4, 0.5) is 4.39 Å². The van der Waals surface area contributed by atoms with Gasteiger partial charge in [0.05, 0.1) is 25.0 Å². The van der Waals surface area contributed by atoms with Gasteiger partial charge in [-0.15, -0.1) is 0 Å². The molecule has 6 heteroatoms. The topological polar surface area (TPSA) is 60.1 Å². The predicted molar refractivity (Wildman–Crippen MR) is 69.5 cm³/mol. The van der Waals surface area contributed by atoms with Gasteiger partial charge >= 0.3 is 0 Å². The molecule has 0 fully saturated rings. The Morgan fingerprint density at radius 1 is 1.42 bits per heavy atom. The van der Waals surface area contributed by atoms with E-state index in [0.717, 1.165) is 5.52 Å². The fourth-order valence-electron chi connectivity index (χ4n) is 2.36. The van der Waals surface area contributed by atoms with Crippen molar-refractivity contribution in [3.63, 3.8) is 0 Å². The van der Waals surface area contributed by atoms with Crippen LogP contribution in [0.3, 0.4) is 0 Å². The summed E-state index contributed by atoms with van der Waals surface area (Å²) >= 11 is 0. The number of benzene rings is 1. The van der Waals surface area contributed by atoms with Crippen LogP contribution in [-0.2, 0) is 13.6 Å². The van der Waals surface area contributed by atoms with E-state index in [4.69, 9.17) is 5.11 Å². The number of nitrogens with zero attached hydrogens (tertiary/aromatic N) is 3. The van der Waals surface area contributed by atoms with E-state index in [1.54, 1.807) is 17.7 Å². The molecule has 98 valence electrons. The minimum atomic E-state index is -0.360. The third-order valence-electron chi connectivity index (χ3n) is 3.27. The largest absolute Gasteiger partial charge is 0.395 e. The smallest absolute Gasteiger partial charge is 0.277 e. The highest BCUT2D eigenvalue weighted by Crippen LogP contribution is 2.24. The molecule has 0 radical (unpaired) electrons. The molecule has 1 aromatic carbocycles. The van der Waals surface area contributed by atoms with Gasteiger partial charge in [0, 0.05) is 12.4 Å². The summed E-state index contributed by atoms with van der Waals surface area (Å²) in [6, 6.07) is 4.36. The number of halogens is 1. The Labute approximate surface area is 107 Å². The summed E-state index contributed by atoms with van der Waals surface area (Å²) in [6.07, 6.45) is 1.38. The minimum Gasteiger partial charge on any atom is -0.395 e. The van der Waals surface area contributed by atoms with Gasteiger partial charge in [-0.2, -0.15) is 0 Å². The van der Waals surface area contributed by atoms with Crippen molar-refractivity contribution in [3.8, 4) is 0 Å². The van der Waals surface area contributed by atoms with Crippen LogP contribution < -0.4 is 5.56 Å². The van der Waals surface area contributed by atoms with Gasteiger partial charge in [0.2, 0.25) is 0 Å². The monoisotopic (exact) mass is 261 g/mol.